The molecule has 4 rings (SSSR count). The van der Waals surface area contributed by atoms with Gasteiger partial charge in [-0.3, -0.25) is 4.79 Å². The van der Waals surface area contributed by atoms with Gasteiger partial charge in [-0.05, 0) is 42.4 Å². The summed E-state index contributed by atoms with van der Waals surface area (Å²) in [4.78, 5) is 12.2. The Labute approximate surface area is 140 Å². The van der Waals surface area contributed by atoms with Crippen molar-refractivity contribution in [2.75, 3.05) is 0 Å². The zero-order valence-corrected chi connectivity index (χ0v) is 13.5. The van der Waals surface area contributed by atoms with E-state index in [9.17, 15) is 4.79 Å². The number of aromatic nitrogens is 4. The summed E-state index contributed by atoms with van der Waals surface area (Å²) in [5, 5.41) is 20.6. The average Bonchev–Trinajstić information content (AvgIpc) is 3.23. The molecule has 0 saturated carbocycles. The van der Waals surface area contributed by atoms with Gasteiger partial charge < -0.3 is 10.6 Å². The van der Waals surface area contributed by atoms with E-state index >= 15 is 0 Å². The number of fused-ring (bicyclic) bond motifs is 2. The third kappa shape index (κ3) is 3.46. The Kier molecular flexibility index (Phi) is 4.25. The van der Waals surface area contributed by atoms with Crippen molar-refractivity contribution in [1.29, 1.82) is 0 Å². The van der Waals surface area contributed by atoms with Crippen molar-refractivity contribution in [3.05, 3.63) is 29.8 Å². The molecule has 2 unspecified atom stereocenters. The minimum Gasteiger partial charge on any atom is -0.352 e. The first-order valence-corrected chi connectivity index (χ1v) is 8.62. The van der Waals surface area contributed by atoms with Crippen LogP contribution in [-0.4, -0.2) is 38.6 Å². The van der Waals surface area contributed by atoms with E-state index in [4.69, 9.17) is 0 Å². The number of carbonyl (C=O) groups is 1. The summed E-state index contributed by atoms with van der Waals surface area (Å²) in [6.45, 7) is 0.559. The van der Waals surface area contributed by atoms with Crippen molar-refractivity contribution in [3.8, 4) is 11.4 Å². The molecule has 1 aromatic carbocycles. The molecule has 7 heteroatoms. The second-order valence-corrected chi connectivity index (χ2v) is 6.89. The lowest BCUT2D eigenvalue weighted by atomic mass is 9.89. The predicted octanol–water partition coefficient (Wildman–Crippen LogP) is 1.40. The molecule has 2 saturated heterocycles. The molecule has 2 aliphatic rings. The summed E-state index contributed by atoms with van der Waals surface area (Å²) in [5.74, 6) is 1.26. The first kappa shape index (κ1) is 15.3. The largest absolute Gasteiger partial charge is 0.352 e. The quantitative estimate of drug-likeness (QED) is 0.772. The summed E-state index contributed by atoms with van der Waals surface area (Å²) in [7, 11) is 0. The molecule has 2 fully saturated rings. The number of hydrogen-bond acceptors (Lipinski definition) is 5. The van der Waals surface area contributed by atoms with Gasteiger partial charge in [-0.2, -0.15) is 5.21 Å². The SMILES string of the molecule is O=C(CC1CC2CCC(C1)N2)NCc1ccc(-c2nn[nH]n2)cc1. The van der Waals surface area contributed by atoms with Gasteiger partial charge >= 0.3 is 0 Å². The lowest BCUT2D eigenvalue weighted by Crippen LogP contribution is -2.39. The molecule has 1 aromatic heterocycles. The number of aromatic amines is 1. The van der Waals surface area contributed by atoms with Gasteiger partial charge in [0.15, 0.2) is 0 Å². The zero-order valence-electron chi connectivity index (χ0n) is 13.5. The van der Waals surface area contributed by atoms with Crippen LogP contribution in [0.15, 0.2) is 24.3 Å². The predicted molar refractivity (Wildman–Crippen MR) is 88.7 cm³/mol. The maximum Gasteiger partial charge on any atom is 0.220 e. The van der Waals surface area contributed by atoms with Crippen LogP contribution in [-0.2, 0) is 11.3 Å². The number of rotatable bonds is 5. The van der Waals surface area contributed by atoms with Gasteiger partial charge in [0.1, 0.15) is 0 Å². The van der Waals surface area contributed by atoms with E-state index in [0.717, 1.165) is 24.0 Å². The molecule has 7 nitrogen and oxygen atoms in total. The Morgan fingerprint density at radius 1 is 1.17 bits per heavy atom. The van der Waals surface area contributed by atoms with E-state index in [1.807, 2.05) is 24.3 Å². The highest BCUT2D eigenvalue weighted by Crippen LogP contribution is 2.32. The zero-order chi connectivity index (χ0) is 16.4. The molecule has 2 aliphatic heterocycles. The van der Waals surface area contributed by atoms with Gasteiger partial charge in [0.2, 0.25) is 11.7 Å². The lowest BCUT2D eigenvalue weighted by molar-refractivity contribution is -0.122. The van der Waals surface area contributed by atoms with Crippen LogP contribution in [0.25, 0.3) is 11.4 Å². The van der Waals surface area contributed by atoms with Crippen LogP contribution in [0.2, 0.25) is 0 Å². The van der Waals surface area contributed by atoms with Crippen LogP contribution in [0.5, 0.6) is 0 Å². The third-order valence-corrected chi connectivity index (χ3v) is 5.09. The van der Waals surface area contributed by atoms with Crippen molar-refractivity contribution in [3.63, 3.8) is 0 Å². The van der Waals surface area contributed by atoms with Crippen LogP contribution in [0.1, 0.15) is 37.7 Å². The molecular formula is C17H22N6O. The third-order valence-electron chi connectivity index (χ3n) is 5.09. The number of tetrazole rings is 1. The van der Waals surface area contributed by atoms with Gasteiger partial charge in [-0.1, -0.05) is 24.3 Å². The van der Waals surface area contributed by atoms with Crippen LogP contribution in [0.4, 0.5) is 0 Å². The van der Waals surface area contributed by atoms with Crippen molar-refractivity contribution < 1.29 is 4.79 Å². The fraction of sp³-hybridized carbons (Fsp3) is 0.529. The molecule has 0 aliphatic carbocycles. The van der Waals surface area contributed by atoms with Crippen LogP contribution in [0, 0.1) is 5.92 Å². The number of H-pyrrole nitrogens is 1. The second-order valence-electron chi connectivity index (χ2n) is 6.89. The maximum atomic E-state index is 12.2. The lowest BCUT2D eigenvalue weighted by Gasteiger charge is -2.28. The van der Waals surface area contributed by atoms with Gasteiger partial charge in [0.05, 0.1) is 0 Å². The smallest absolute Gasteiger partial charge is 0.220 e. The molecule has 1 amide bonds. The summed E-state index contributed by atoms with van der Waals surface area (Å²) in [6.07, 6.45) is 5.48. The van der Waals surface area contributed by atoms with Crippen LogP contribution >= 0.6 is 0 Å². The highest BCUT2D eigenvalue weighted by atomic mass is 16.1. The van der Waals surface area contributed by atoms with Crippen molar-refractivity contribution in [2.45, 2.75) is 50.7 Å². The number of benzene rings is 1. The first-order valence-electron chi connectivity index (χ1n) is 8.62. The Morgan fingerprint density at radius 3 is 2.58 bits per heavy atom. The highest BCUT2D eigenvalue weighted by Gasteiger charge is 2.34. The van der Waals surface area contributed by atoms with E-state index in [-0.39, 0.29) is 5.91 Å². The van der Waals surface area contributed by atoms with Crippen molar-refractivity contribution in [1.82, 2.24) is 31.3 Å². The Hall–Kier alpha value is -2.28. The number of nitrogens with zero attached hydrogens (tertiary/aromatic N) is 3. The van der Waals surface area contributed by atoms with Gasteiger partial charge in [0, 0.05) is 30.6 Å². The first-order chi connectivity index (χ1) is 11.8. The van der Waals surface area contributed by atoms with E-state index in [1.165, 1.54) is 12.8 Å². The molecule has 126 valence electrons. The summed E-state index contributed by atoms with van der Waals surface area (Å²) in [5.41, 5.74) is 1.98. The van der Waals surface area contributed by atoms with E-state index < -0.39 is 0 Å². The highest BCUT2D eigenvalue weighted by molar-refractivity contribution is 5.76. The monoisotopic (exact) mass is 326 g/mol. The normalized spacial score (nSPS) is 25.6. The standard InChI is InChI=1S/C17H22N6O/c24-16(9-12-7-14-5-6-15(8-12)19-14)18-10-11-1-3-13(4-2-11)17-20-22-23-21-17/h1-4,12,14-15,19H,5-10H2,(H,18,24)(H,20,21,22,23). The second kappa shape index (κ2) is 6.68. The number of nitrogens with one attached hydrogen (secondary N) is 3. The summed E-state index contributed by atoms with van der Waals surface area (Å²) >= 11 is 0. The number of carbonyl (C=O) groups excluding carboxylic acids is 1. The van der Waals surface area contributed by atoms with Gasteiger partial charge in [-0.25, -0.2) is 0 Å². The molecule has 2 aromatic rings. The number of piperidine rings is 1. The number of amides is 1. The van der Waals surface area contributed by atoms with E-state index in [1.54, 1.807) is 0 Å². The minimum atomic E-state index is 0.156. The molecule has 24 heavy (non-hydrogen) atoms. The van der Waals surface area contributed by atoms with E-state index in [0.29, 0.717) is 36.8 Å². The number of hydrogen-bond donors (Lipinski definition) is 3. The maximum absolute atomic E-state index is 12.2. The summed E-state index contributed by atoms with van der Waals surface area (Å²) < 4.78 is 0. The fourth-order valence-electron chi connectivity index (χ4n) is 3.93. The van der Waals surface area contributed by atoms with Crippen LogP contribution in [0.3, 0.4) is 0 Å². The topological polar surface area (TPSA) is 95.6 Å². The fourth-order valence-corrected chi connectivity index (χ4v) is 3.93. The molecule has 0 spiro atoms. The summed E-state index contributed by atoms with van der Waals surface area (Å²) in [6, 6.07) is 9.12. The molecule has 2 bridgehead atoms. The molecule has 3 heterocycles. The molecular weight excluding hydrogens is 304 g/mol. The molecule has 0 radical (unpaired) electrons. The van der Waals surface area contributed by atoms with E-state index in [2.05, 4.69) is 31.3 Å². The van der Waals surface area contributed by atoms with Crippen molar-refractivity contribution in [2.24, 2.45) is 5.92 Å². The Balaban J connectivity index is 1.26. The Morgan fingerprint density at radius 2 is 1.92 bits per heavy atom. The van der Waals surface area contributed by atoms with Gasteiger partial charge in [0.25, 0.3) is 0 Å². The molecule has 2 atom stereocenters. The van der Waals surface area contributed by atoms with Crippen LogP contribution < -0.4 is 10.6 Å². The minimum absolute atomic E-state index is 0.156. The Bertz CT molecular complexity index is 672. The average molecular weight is 326 g/mol. The van der Waals surface area contributed by atoms with Crippen molar-refractivity contribution >= 4 is 5.91 Å². The molecule has 3 N–H and O–H groups in total. The van der Waals surface area contributed by atoms with Gasteiger partial charge in [-0.15, -0.1) is 10.2 Å².